The van der Waals surface area contributed by atoms with Gasteiger partial charge in [-0.15, -0.1) is 0 Å². The molecule has 0 radical (unpaired) electrons. The number of carbonyl (C=O) groups is 3. The third-order valence-electron chi connectivity index (χ3n) is 3.96. The van der Waals surface area contributed by atoms with Gasteiger partial charge < -0.3 is 10.1 Å². The number of esters is 1. The van der Waals surface area contributed by atoms with Crippen molar-refractivity contribution in [3.8, 4) is 6.07 Å². The summed E-state index contributed by atoms with van der Waals surface area (Å²) >= 11 is 5.92. The number of nitrogens with zero attached hydrogens (tertiary/aromatic N) is 1. The summed E-state index contributed by atoms with van der Waals surface area (Å²) in [5, 5.41) is 11.6. The molecule has 0 unspecified atom stereocenters. The molecule has 2 rings (SSSR count). The lowest BCUT2D eigenvalue weighted by Crippen LogP contribution is -2.30. The van der Waals surface area contributed by atoms with Crippen molar-refractivity contribution in [2.24, 2.45) is 0 Å². The number of halogens is 1. The fourth-order valence-corrected chi connectivity index (χ4v) is 2.56. The van der Waals surface area contributed by atoms with E-state index >= 15 is 0 Å². The quantitative estimate of drug-likeness (QED) is 0.560. The Hall–Kier alpha value is -3.17. The number of hydrogen-bond acceptors (Lipinski definition) is 5. The van der Waals surface area contributed by atoms with E-state index in [9.17, 15) is 14.4 Å². The molecule has 0 saturated heterocycles. The van der Waals surface area contributed by atoms with Gasteiger partial charge in [0.2, 0.25) is 0 Å². The summed E-state index contributed by atoms with van der Waals surface area (Å²) in [6.45, 7) is 3.35. The summed E-state index contributed by atoms with van der Waals surface area (Å²) in [6, 6.07) is 13.4. The lowest BCUT2D eigenvalue weighted by molar-refractivity contribution is -0.153. The summed E-state index contributed by atoms with van der Waals surface area (Å²) in [4.78, 5) is 36.2. The highest BCUT2D eigenvalue weighted by Crippen LogP contribution is 2.20. The predicted octanol–water partition coefficient (Wildman–Crippen LogP) is 4.05. The molecule has 6 nitrogen and oxygen atoms in total. The number of hydrogen-bond donors (Lipinski definition) is 1. The van der Waals surface area contributed by atoms with Gasteiger partial charge in [-0.25, -0.2) is 0 Å². The maximum absolute atomic E-state index is 12.1. The Bertz CT molecular complexity index is 932. The summed E-state index contributed by atoms with van der Waals surface area (Å²) in [7, 11) is 0. The third-order valence-corrected chi connectivity index (χ3v) is 4.28. The Kier molecular flexibility index (Phi) is 7.30. The normalized spacial score (nSPS) is 11.2. The summed E-state index contributed by atoms with van der Waals surface area (Å²) < 4.78 is 5.08. The van der Waals surface area contributed by atoms with E-state index in [-0.39, 0.29) is 29.2 Å². The maximum atomic E-state index is 12.1. The number of ketones is 1. The minimum absolute atomic E-state index is 0.00145. The number of anilines is 1. The average Bonchev–Trinajstić information content (AvgIpc) is 2.66. The van der Waals surface area contributed by atoms with Gasteiger partial charge in [-0.05, 0) is 32.0 Å². The molecule has 28 heavy (non-hydrogen) atoms. The van der Waals surface area contributed by atoms with Gasteiger partial charge in [-0.1, -0.05) is 41.4 Å². The standard InChI is InChI=1S/C21H19ClN2O4/c1-13-3-5-15(6-4-13)19(25)9-10-20(26)28-14(2)21(27)24-17-8-7-16(12-23)18(22)11-17/h3-8,11,14H,9-10H2,1-2H3,(H,24,27)/t14-/m1/s1. The minimum atomic E-state index is -1.05. The summed E-state index contributed by atoms with van der Waals surface area (Å²) in [5.41, 5.74) is 2.24. The lowest BCUT2D eigenvalue weighted by Gasteiger charge is -2.14. The van der Waals surface area contributed by atoms with Crippen molar-refractivity contribution < 1.29 is 19.1 Å². The van der Waals surface area contributed by atoms with E-state index in [2.05, 4.69) is 5.32 Å². The van der Waals surface area contributed by atoms with Gasteiger partial charge in [0, 0.05) is 17.7 Å². The van der Waals surface area contributed by atoms with E-state index in [4.69, 9.17) is 21.6 Å². The van der Waals surface area contributed by atoms with Gasteiger partial charge in [-0.3, -0.25) is 14.4 Å². The molecule has 1 atom stereocenters. The number of carbonyl (C=O) groups excluding carboxylic acids is 3. The van der Waals surface area contributed by atoms with Crippen LogP contribution in [0.15, 0.2) is 42.5 Å². The number of Topliss-reactive ketones (excluding diaryl/α,β-unsaturated/α-hetero) is 1. The second-order valence-corrected chi connectivity index (χ2v) is 6.62. The number of amides is 1. The Labute approximate surface area is 168 Å². The first kappa shape index (κ1) is 21.1. The lowest BCUT2D eigenvalue weighted by atomic mass is 10.1. The number of aryl methyl sites for hydroxylation is 1. The molecule has 2 aromatic carbocycles. The van der Waals surface area contributed by atoms with Gasteiger partial charge >= 0.3 is 5.97 Å². The molecular weight excluding hydrogens is 380 g/mol. The Balaban J connectivity index is 1.83. The predicted molar refractivity (Wildman–Crippen MR) is 105 cm³/mol. The topological polar surface area (TPSA) is 96.3 Å². The summed E-state index contributed by atoms with van der Waals surface area (Å²) in [5.74, 6) is -1.35. The average molecular weight is 399 g/mol. The van der Waals surface area contributed by atoms with Crippen molar-refractivity contribution in [1.82, 2.24) is 0 Å². The minimum Gasteiger partial charge on any atom is -0.453 e. The largest absolute Gasteiger partial charge is 0.453 e. The molecule has 1 amide bonds. The Morgan fingerprint density at radius 2 is 1.82 bits per heavy atom. The molecule has 0 aromatic heterocycles. The van der Waals surface area contributed by atoms with Crippen LogP contribution in [0.25, 0.3) is 0 Å². The highest BCUT2D eigenvalue weighted by molar-refractivity contribution is 6.32. The monoisotopic (exact) mass is 398 g/mol. The van der Waals surface area contributed by atoms with Crippen LogP contribution in [0.4, 0.5) is 5.69 Å². The van der Waals surface area contributed by atoms with Crippen LogP contribution < -0.4 is 5.32 Å². The van der Waals surface area contributed by atoms with E-state index in [0.717, 1.165) is 5.56 Å². The third kappa shape index (κ3) is 5.93. The zero-order valence-electron chi connectivity index (χ0n) is 15.5. The van der Waals surface area contributed by atoms with Crippen LogP contribution >= 0.6 is 11.6 Å². The number of ether oxygens (including phenoxy) is 1. The van der Waals surface area contributed by atoms with Crippen LogP contribution in [0.5, 0.6) is 0 Å². The van der Waals surface area contributed by atoms with E-state index in [0.29, 0.717) is 11.3 Å². The molecule has 2 aromatic rings. The molecule has 0 aliphatic heterocycles. The van der Waals surface area contributed by atoms with Gasteiger partial charge in [-0.2, -0.15) is 5.26 Å². The van der Waals surface area contributed by atoms with Crippen LogP contribution in [0, 0.1) is 18.3 Å². The molecule has 0 aliphatic carbocycles. The Morgan fingerprint density at radius 1 is 1.14 bits per heavy atom. The molecule has 0 heterocycles. The van der Waals surface area contributed by atoms with E-state index in [1.54, 1.807) is 12.1 Å². The first-order valence-electron chi connectivity index (χ1n) is 8.60. The van der Waals surface area contributed by atoms with Crippen molar-refractivity contribution in [2.75, 3.05) is 5.32 Å². The fraction of sp³-hybridized carbons (Fsp3) is 0.238. The molecule has 0 saturated carbocycles. The summed E-state index contributed by atoms with van der Waals surface area (Å²) in [6.07, 6.45) is -1.16. The van der Waals surface area contributed by atoms with E-state index in [1.165, 1.54) is 25.1 Å². The van der Waals surface area contributed by atoms with Crippen LogP contribution in [0.3, 0.4) is 0 Å². The van der Waals surface area contributed by atoms with Crippen molar-refractivity contribution in [1.29, 1.82) is 5.26 Å². The van der Waals surface area contributed by atoms with Crippen molar-refractivity contribution >= 4 is 34.9 Å². The molecule has 1 N–H and O–H groups in total. The van der Waals surface area contributed by atoms with Gasteiger partial charge in [0.05, 0.1) is 17.0 Å². The van der Waals surface area contributed by atoms with Gasteiger partial charge in [0.15, 0.2) is 11.9 Å². The van der Waals surface area contributed by atoms with Gasteiger partial charge in [0.1, 0.15) is 6.07 Å². The number of benzene rings is 2. The fourth-order valence-electron chi connectivity index (χ4n) is 2.34. The zero-order valence-corrected chi connectivity index (χ0v) is 16.2. The SMILES string of the molecule is Cc1ccc(C(=O)CCC(=O)O[C@H](C)C(=O)Nc2ccc(C#N)c(Cl)c2)cc1. The van der Waals surface area contributed by atoms with Gasteiger partial charge in [0.25, 0.3) is 5.91 Å². The van der Waals surface area contributed by atoms with Crippen LogP contribution in [-0.2, 0) is 14.3 Å². The number of nitriles is 1. The highest BCUT2D eigenvalue weighted by atomic mass is 35.5. The molecule has 0 fully saturated rings. The van der Waals surface area contributed by atoms with E-state index in [1.807, 2.05) is 25.1 Å². The number of nitrogens with one attached hydrogen (secondary N) is 1. The second kappa shape index (κ2) is 9.67. The van der Waals surface area contributed by atoms with Crippen LogP contribution in [0.1, 0.15) is 41.3 Å². The second-order valence-electron chi connectivity index (χ2n) is 6.22. The van der Waals surface area contributed by atoms with Crippen LogP contribution in [0.2, 0.25) is 5.02 Å². The molecule has 7 heteroatoms. The molecular formula is C21H19ClN2O4. The molecule has 0 bridgehead atoms. The smallest absolute Gasteiger partial charge is 0.307 e. The van der Waals surface area contributed by atoms with E-state index < -0.39 is 18.0 Å². The molecule has 144 valence electrons. The van der Waals surface area contributed by atoms with Crippen molar-refractivity contribution in [3.05, 3.63) is 64.2 Å². The Morgan fingerprint density at radius 3 is 2.43 bits per heavy atom. The molecule has 0 aliphatic rings. The van der Waals surface area contributed by atoms with Crippen molar-refractivity contribution in [2.45, 2.75) is 32.8 Å². The first-order valence-corrected chi connectivity index (χ1v) is 8.98. The number of rotatable bonds is 7. The first-order chi connectivity index (χ1) is 13.3. The van der Waals surface area contributed by atoms with Crippen LogP contribution in [-0.4, -0.2) is 23.8 Å². The van der Waals surface area contributed by atoms with Crippen molar-refractivity contribution in [3.63, 3.8) is 0 Å². The zero-order chi connectivity index (χ0) is 20.7. The molecule has 0 spiro atoms. The highest BCUT2D eigenvalue weighted by Gasteiger charge is 2.19. The maximum Gasteiger partial charge on any atom is 0.307 e.